The zero-order chi connectivity index (χ0) is 22.8. The van der Waals surface area contributed by atoms with Crippen molar-refractivity contribution >= 4 is 24.4 Å². The van der Waals surface area contributed by atoms with Gasteiger partial charge < -0.3 is 9.64 Å². The minimum absolute atomic E-state index is 0.0649. The third-order valence-corrected chi connectivity index (χ3v) is 6.13. The van der Waals surface area contributed by atoms with Gasteiger partial charge in [0.15, 0.2) is 0 Å². The molecule has 0 aliphatic carbocycles. The molecule has 7 nitrogen and oxygen atoms in total. The fourth-order valence-corrected chi connectivity index (χ4v) is 4.45. The maximum Gasteiger partial charge on any atom is 0.280 e. The third-order valence-electron chi connectivity index (χ3n) is 6.13. The minimum Gasteiger partial charge on any atom is -0.496 e. The van der Waals surface area contributed by atoms with Crippen molar-refractivity contribution in [2.75, 3.05) is 20.2 Å². The first-order chi connectivity index (χ1) is 15.5. The standard InChI is InChI=1S/C23H26F2N6O/c1-5-15-16(7-6-8-20(15)32-4)22(26-3)30-10-9-14(2)17(12-30)19-11-18(21(24)25)29-23-27-13-28-31(19)23/h5-8,11,13-14,17,21H,3,9-10,12H2,1-2,4H3/b15-5+,22-16+/t14-,17-/m1/s1. The molecule has 0 unspecified atom stereocenters. The summed E-state index contributed by atoms with van der Waals surface area (Å²) in [6.07, 6.45) is 1.51. The van der Waals surface area contributed by atoms with Crippen molar-refractivity contribution in [2.45, 2.75) is 32.6 Å². The summed E-state index contributed by atoms with van der Waals surface area (Å²) in [5.41, 5.74) is 0.392. The molecular formula is C23H26F2N6O. The highest BCUT2D eigenvalue weighted by Gasteiger charge is 2.32. The predicted molar refractivity (Wildman–Crippen MR) is 119 cm³/mol. The van der Waals surface area contributed by atoms with Gasteiger partial charge in [-0.05, 0) is 38.1 Å². The third kappa shape index (κ3) is 3.83. The van der Waals surface area contributed by atoms with Crippen molar-refractivity contribution in [3.8, 4) is 5.75 Å². The van der Waals surface area contributed by atoms with Crippen molar-refractivity contribution in [1.29, 1.82) is 0 Å². The Bertz CT molecular complexity index is 1260. The summed E-state index contributed by atoms with van der Waals surface area (Å²) in [6.45, 7) is 9.26. The van der Waals surface area contributed by atoms with Gasteiger partial charge in [-0.15, -0.1) is 0 Å². The average Bonchev–Trinajstić information content (AvgIpc) is 3.28. The molecule has 3 heterocycles. The molecule has 0 bridgehead atoms. The lowest BCUT2D eigenvalue weighted by Gasteiger charge is -2.38. The van der Waals surface area contributed by atoms with E-state index in [0.29, 0.717) is 12.2 Å². The lowest BCUT2D eigenvalue weighted by Crippen LogP contribution is -2.42. The molecule has 3 aromatic rings. The van der Waals surface area contributed by atoms with Crippen LogP contribution in [0, 0.1) is 5.92 Å². The number of likely N-dealkylation sites (tertiary alicyclic amines) is 1. The first-order valence-corrected chi connectivity index (χ1v) is 10.5. The maximum absolute atomic E-state index is 13.5. The first-order valence-electron chi connectivity index (χ1n) is 10.5. The van der Waals surface area contributed by atoms with Gasteiger partial charge in [-0.2, -0.15) is 10.1 Å². The van der Waals surface area contributed by atoms with Crippen LogP contribution in [0.2, 0.25) is 0 Å². The molecule has 4 rings (SSSR count). The van der Waals surface area contributed by atoms with E-state index in [1.165, 1.54) is 12.4 Å². The normalized spacial score (nSPS) is 20.7. The van der Waals surface area contributed by atoms with Gasteiger partial charge in [0.05, 0.1) is 12.8 Å². The van der Waals surface area contributed by atoms with Crippen LogP contribution in [0.4, 0.5) is 8.78 Å². The number of benzene rings is 1. The Balaban J connectivity index is 1.83. The number of halogens is 2. The van der Waals surface area contributed by atoms with Crippen LogP contribution in [0.1, 0.15) is 44.0 Å². The van der Waals surface area contributed by atoms with Crippen LogP contribution in [0.25, 0.3) is 17.7 Å². The number of fused-ring (bicyclic) bond motifs is 1. The lowest BCUT2D eigenvalue weighted by molar-refractivity contribution is 0.145. The van der Waals surface area contributed by atoms with Gasteiger partial charge in [0.2, 0.25) is 0 Å². The number of piperidine rings is 1. The quantitative estimate of drug-likeness (QED) is 0.571. The molecule has 1 aliphatic heterocycles. The smallest absolute Gasteiger partial charge is 0.280 e. The number of hydrogen-bond donors (Lipinski definition) is 0. The Labute approximate surface area is 184 Å². The van der Waals surface area contributed by atoms with Crippen molar-refractivity contribution in [3.05, 3.63) is 52.4 Å². The van der Waals surface area contributed by atoms with Gasteiger partial charge in [0.25, 0.3) is 12.2 Å². The molecule has 1 saturated heterocycles. The number of rotatable bonds is 5. The number of aliphatic imine (C=N–C) groups is 1. The number of nitrogens with zero attached hydrogens (tertiary/aromatic N) is 6. The van der Waals surface area contributed by atoms with Crippen molar-refractivity contribution in [2.24, 2.45) is 10.9 Å². The van der Waals surface area contributed by atoms with E-state index in [9.17, 15) is 8.78 Å². The van der Waals surface area contributed by atoms with E-state index in [-0.39, 0.29) is 23.3 Å². The summed E-state index contributed by atoms with van der Waals surface area (Å²) in [4.78, 5) is 14.5. The second-order valence-corrected chi connectivity index (χ2v) is 7.89. The van der Waals surface area contributed by atoms with Crippen LogP contribution >= 0.6 is 0 Å². The maximum atomic E-state index is 13.5. The molecule has 2 atom stereocenters. The molecule has 1 aliphatic rings. The molecule has 0 radical (unpaired) electrons. The first kappa shape index (κ1) is 21.9. The Morgan fingerprint density at radius 3 is 2.88 bits per heavy atom. The van der Waals surface area contributed by atoms with Gasteiger partial charge in [-0.1, -0.05) is 25.1 Å². The molecule has 32 heavy (non-hydrogen) atoms. The highest BCUT2D eigenvalue weighted by atomic mass is 19.3. The Kier molecular flexibility index (Phi) is 6.16. The Morgan fingerprint density at radius 2 is 2.19 bits per heavy atom. The van der Waals surface area contributed by atoms with Gasteiger partial charge in [-0.25, -0.2) is 23.3 Å². The molecule has 0 N–H and O–H groups in total. The van der Waals surface area contributed by atoms with Crippen LogP contribution < -0.4 is 15.2 Å². The number of ether oxygens (including phenoxy) is 1. The minimum atomic E-state index is -2.68. The van der Waals surface area contributed by atoms with Crippen molar-refractivity contribution < 1.29 is 13.5 Å². The van der Waals surface area contributed by atoms with E-state index in [2.05, 4.69) is 38.6 Å². The molecular weight excluding hydrogens is 414 g/mol. The van der Waals surface area contributed by atoms with E-state index >= 15 is 0 Å². The molecule has 0 saturated carbocycles. The average molecular weight is 440 g/mol. The number of aromatic nitrogens is 4. The molecule has 1 aromatic carbocycles. The summed E-state index contributed by atoms with van der Waals surface area (Å²) in [7, 11) is 1.64. The molecule has 0 spiro atoms. The SMILES string of the molecule is C=N/C(=c1/cccc(OC)/c1=C/C)N1CC[C@@H](C)[C@H](c2cc(C(F)F)nc3ncnn23)C1. The highest BCUT2D eigenvalue weighted by Crippen LogP contribution is 2.35. The summed E-state index contributed by atoms with van der Waals surface area (Å²) >= 11 is 0. The van der Waals surface area contributed by atoms with E-state index in [0.717, 1.165) is 35.0 Å². The number of hydrogen-bond acceptors (Lipinski definition) is 6. The molecule has 2 aromatic heterocycles. The molecule has 9 heteroatoms. The zero-order valence-corrected chi connectivity index (χ0v) is 18.4. The zero-order valence-electron chi connectivity index (χ0n) is 18.4. The van der Waals surface area contributed by atoms with E-state index < -0.39 is 6.43 Å². The fourth-order valence-electron chi connectivity index (χ4n) is 4.45. The van der Waals surface area contributed by atoms with Crippen LogP contribution in [0.5, 0.6) is 5.75 Å². The van der Waals surface area contributed by atoms with Crippen molar-refractivity contribution in [1.82, 2.24) is 24.5 Å². The second kappa shape index (κ2) is 9.02. The largest absolute Gasteiger partial charge is 0.496 e. The van der Waals surface area contributed by atoms with Gasteiger partial charge >= 0.3 is 0 Å². The highest BCUT2D eigenvalue weighted by molar-refractivity contribution is 5.52. The fraction of sp³-hybridized carbons (Fsp3) is 0.391. The summed E-state index contributed by atoms with van der Waals surface area (Å²) in [6, 6.07) is 7.28. The van der Waals surface area contributed by atoms with Crippen LogP contribution in [0.15, 0.2) is 35.6 Å². The monoisotopic (exact) mass is 440 g/mol. The second-order valence-electron chi connectivity index (χ2n) is 7.89. The summed E-state index contributed by atoms with van der Waals surface area (Å²) in [5, 5.41) is 6.10. The summed E-state index contributed by atoms with van der Waals surface area (Å²) in [5.74, 6) is 1.87. The molecule has 168 valence electrons. The van der Waals surface area contributed by atoms with E-state index in [4.69, 9.17) is 4.74 Å². The van der Waals surface area contributed by atoms with Gasteiger partial charge in [0.1, 0.15) is 23.6 Å². The van der Waals surface area contributed by atoms with Crippen LogP contribution in [-0.4, -0.2) is 51.4 Å². The van der Waals surface area contributed by atoms with Gasteiger partial charge in [-0.3, -0.25) is 0 Å². The topological polar surface area (TPSA) is 67.9 Å². The summed E-state index contributed by atoms with van der Waals surface area (Å²) < 4.78 is 34.1. The Hall–Kier alpha value is -3.36. The molecule has 0 amide bonds. The van der Waals surface area contributed by atoms with Crippen LogP contribution in [0.3, 0.4) is 0 Å². The van der Waals surface area contributed by atoms with Crippen LogP contribution in [-0.2, 0) is 0 Å². The van der Waals surface area contributed by atoms with Crippen molar-refractivity contribution in [3.63, 3.8) is 0 Å². The van der Waals surface area contributed by atoms with Gasteiger partial charge in [0, 0.05) is 29.4 Å². The number of methoxy groups -OCH3 is 1. The lowest BCUT2D eigenvalue weighted by atomic mass is 9.84. The van der Waals surface area contributed by atoms with E-state index in [1.54, 1.807) is 11.6 Å². The number of alkyl halides is 2. The van der Waals surface area contributed by atoms with E-state index in [1.807, 2.05) is 31.2 Å². The Morgan fingerprint density at radius 1 is 1.38 bits per heavy atom. The predicted octanol–water partition coefficient (Wildman–Crippen LogP) is 2.76. The molecule has 1 fully saturated rings.